The molecule has 120 valence electrons. The molecule has 0 aliphatic rings. The molecule has 3 N–H and O–H groups in total. The summed E-state index contributed by atoms with van der Waals surface area (Å²) in [7, 11) is 0. The lowest BCUT2D eigenvalue weighted by Gasteiger charge is -2.16. The predicted molar refractivity (Wildman–Crippen MR) is 89.3 cm³/mol. The van der Waals surface area contributed by atoms with Gasteiger partial charge in [0.15, 0.2) is 0 Å². The van der Waals surface area contributed by atoms with Gasteiger partial charge >= 0.3 is 0 Å². The molecule has 5 nitrogen and oxygen atoms in total. The first kappa shape index (κ1) is 17.0. The van der Waals surface area contributed by atoms with E-state index in [4.69, 9.17) is 17.3 Å². The summed E-state index contributed by atoms with van der Waals surface area (Å²) >= 11 is 5.73. The van der Waals surface area contributed by atoms with Gasteiger partial charge in [0, 0.05) is 18.2 Å². The molecule has 0 saturated carbocycles. The van der Waals surface area contributed by atoms with Gasteiger partial charge in [-0.1, -0.05) is 34.9 Å². The number of pyridine rings is 1. The van der Waals surface area contributed by atoms with Gasteiger partial charge in [0.1, 0.15) is 11.2 Å². The molecule has 0 fully saturated rings. The summed E-state index contributed by atoms with van der Waals surface area (Å²) in [5, 5.41) is 3.04. The number of nitrogens with zero attached hydrogens (tertiary/aromatic N) is 1. The molecule has 1 aromatic heterocycles. The monoisotopic (exact) mass is 331 g/mol. The molecule has 2 aromatic rings. The molecular formula is C17H18ClN3O2. The fraction of sp³-hybridized carbons (Fsp3) is 0.235. The summed E-state index contributed by atoms with van der Waals surface area (Å²) in [6, 6.07) is 8.07. The Labute approximate surface area is 139 Å². The zero-order valence-corrected chi connectivity index (χ0v) is 13.7. The average Bonchev–Trinajstić information content (AvgIpc) is 2.47. The Kier molecular flexibility index (Phi) is 5.34. The van der Waals surface area contributed by atoms with Crippen molar-refractivity contribution in [1.82, 2.24) is 10.3 Å². The van der Waals surface area contributed by atoms with Crippen molar-refractivity contribution in [3.8, 4) is 0 Å². The van der Waals surface area contributed by atoms with Gasteiger partial charge in [0.25, 0.3) is 5.91 Å². The van der Waals surface area contributed by atoms with Crippen LogP contribution in [0.1, 0.15) is 27.0 Å². The highest BCUT2D eigenvalue weighted by atomic mass is 35.5. The van der Waals surface area contributed by atoms with Gasteiger partial charge in [-0.3, -0.25) is 9.59 Å². The molecule has 0 spiro atoms. The smallest absolute Gasteiger partial charge is 0.251 e. The maximum absolute atomic E-state index is 12.4. The summed E-state index contributed by atoms with van der Waals surface area (Å²) in [4.78, 5) is 27.9. The first-order valence-electron chi connectivity index (χ1n) is 7.14. The maximum atomic E-state index is 12.4. The van der Waals surface area contributed by atoms with E-state index in [1.807, 2.05) is 19.9 Å². The molecule has 1 aromatic carbocycles. The number of amides is 2. The predicted octanol–water partition coefficient (Wildman–Crippen LogP) is 2.18. The van der Waals surface area contributed by atoms with Crippen LogP contribution >= 0.6 is 11.6 Å². The highest BCUT2D eigenvalue weighted by Gasteiger charge is 2.20. The molecule has 0 aliphatic carbocycles. The number of nitrogens with two attached hydrogens (primary N) is 1. The van der Waals surface area contributed by atoms with E-state index in [9.17, 15) is 9.59 Å². The van der Waals surface area contributed by atoms with Crippen molar-refractivity contribution in [2.24, 2.45) is 5.73 Å². The molecule has 6 heteroatoms. The summed E-state index contributed by atoms with van der Waals surface area (Å²) in [6.45, 7) is 3.82. The van der Waals surface area contributed by atoms with Gasteiger partial charge in [-0.05, 0) is 37.6 Å². The Bertz CT molecular complexity index is 709. The molecule has 1 heterocycles. The van der Waals surface area contributed by atoms with Gasteiger partial charge in [-0.15, -0.1) is 0 Å². The van der Waals surface area contributed by atoms with Gasteiger partial charge in [-0.2, -0.15) is 0 Å². The number of hydrogen-bond acceptors (Lipinski definition) is 3. The van der Waals surface area contributed by atoms with Crippen LogP contribution in [0.5, 0.6) is 0 Å². The van der Waals surface area contributed by atoms with Gasteiger partial charge < -0.3 is 11.1 Å². The van der Waals surface area contributed by atoms with Crippen LogP contribution in [0.15, 0.2) is 36.5 Å². The number of aryl methyl sites for hydroxylation is 2. The van der Waals surface area contributed by atoms with Crippen LogP contribution in [-0.4, -0.2) is 22.8 Å². The fourth-order valence-electron chi connectivity index (χ4n) is 2.33. The van der Waals surface area contributed by atoms with Crippen LogP contribution in [0.25, 0.3) is 0 Å². The topological polar surface area (TPSA) is 85.1 Å². The third kappa shape index (κ3) is 4.79. The number of carbonyl (C=O) groups excluding carboxylic acids is 2. The third-order valence-electron chi connectivity index (χ3n) is 3.36. The van der Waals surface area contributed by atoms with E-state index in [0.717, 1.165) is 16.7 Å². The molecule has 0 unspecified atom stereocenters. The summed E-state index contributed by atoms with van der Waals surface area (Å²) < 4.78 is 0. The number of nitrogens with one attached hydrogen (secondary N) is 1. The highest BCUT2D eigenvalue weighted by Crippen LogP contribution is 2.11. The molecule has 0 aliphatic heterocycles. The van der Waals surface area contributed by atoms with E-state index in [1.54, 1.807) is 30.5 Å². The van der Waals surface area contributed by atoms with E-state index in [2.05, 4.69) is 10.3 Å². The number of aromatic nitrogens is 1. The van der Waals surface area contributed by atoms with Crippen molar-refractivity contribution >= 4 is 23.4 Å². The second kappa shape index (κ2) is 7.24. The Hall–Kier alpha value is -2.40. The minimum absolute atomic E-state index is 0.260. The fourth-order valence-corrected chi connectivity index (χ4v) is 2.44. The highest BCUT2D eigenvalue weighted by molar-refractivity contribution is 6.29. The molecule has 0 saturated heterocycles. The molecular weight excluding hydrogens is 314 g/mol. The Morgan fingerprint density at radius 3 is 2.39 bits per heavy atom. The van der Waals surface area contributed by atoms with Crippen molar-refractivity contribution in [1.29, 1.82) is 0 Å². The lowest BCUT2D eigenvalue weighted by Crippen LogP contribution is -2.45. The lowest BCUT2D eigenvalue weighted by atomic mass is 10.0. The van der Waals surface area contributed by atoms with Crippen LogP contribution in [0.4, 0.5) is 0 Å². The first-order chi connectivity index (χ1) is 10.8. The number of carbonyl (C=O) groups is 2. The quantitative estimate of drug-likeness (QED) is 0.823. The van der Waals surface area contributed by atoms with Crippen LogP contribution in [0.3, 0.4) is 0 Å². The van der Waals surface area contributed by atoms with Crippen LogP contribution < -0.4 is 11.1 Å². The normalized spacial score (nSPS) is 11.8. The largest absolute Gasteiger partial charge is 0.368 e. The minimum Gasteiger partial charge on any atom is -0.368 e. The zero-order valence-electron chi connectivity index (χ0n) is 13.0. The van der Waals surface area contributed by atoms with E-state index in [-0.39, 0.29) is 12.3 Å². The number of benzene rings is 1. The van der Waals surface area contributed by atoms with Crippen molar-refractivity contribution in [2.75, 3.05) is 0 Å². The number of hydrogen-bond donors (Lipinski definition) is 2. The van der Waals surface area contributed by atoms with Crippen LogP contribution in [-0.2, 0) is 11.2 Å². The molecule has 2 rings (SSSR count). The SMILES string of the molecule is Cc1cc(C)cc(C(=O)N[C@H](Cc2ccc(Cl)nc2)C(N)=O)c1. The molecule has 2 amide bonds. The summed E-state index contributed by atoms with van der Waals surface area (Å²) in [6.07, 6.45) is 1.82. The summed E-state index contributed by atoms with van der Waals surface area (Å²) in [5.74, 6) is -0.930. The second-order valence-electron chi connectivity index (χ2n) is 5.50. The molecule has 0 bridgehead atoms. The van der Waals surface area contributed by atoms with E-state index >= 15 is 0 Å². The van der Waals surface area contributed by atoms with Crippen molar-refractivity contribution < 1.29 is 9.59 Å². The Morgan fingerprint density at radius 1 is 1.22 bits per heavy atom. The molecule has 23 heavy (non-hydrogen) atoms. The number of rotatable bonds is 5. The summed E-state index contributed by atoms with van der Waals surface area (Å²) in [5.41, 5.74) is 8.62. The third-order valence-corrected chi connectivity index (χ3v) is 3.58. The van der Waals surface area contributed by atoms with Gasteiger partial charge in [0.2, 0.25) is 5.91 Å². The van der Waals surface area contributed by atoms with Crippen LogP contribution in [0, 0.1) is 13.8 Å². The van der Waals surface area contributed by atoms with E-state index < -0.39 is 11.9 Å². The van der Waals surface area contributed by atoms with Crippen molar-refractivity contribution in [2.45, 2.75) is 26.3 Å². The van der Waals surface area contributed by atoms with E-state index in [1.165, 1.54) is 0 Å². The van der Waals surface area contributed by atoms with Crippen molar-refractivity contribution in [3.63, 3.8) is 0 Å². The Balaban J connectivity index is 2.14. The number of primary amides is 1. The van der Waals surface area contributed by atoms with Crippen molar-refractivity contribution in [3.05, 3.63) is 63.9 Å². The lowest BCUT2D eigenvalue weighted by molar-refractivity contribution is -0.119. The molecule has 0 radical (unpaired) electrons. The molecule has 1 atom stereocenters. The van der Waals surface area contributed by atoms with Crippen LogP contribution in [0.2, 0.25) is 5.15 Å². The zero-order chi connectivity index (χ0) is 17.0. The standard InChI is InChI=1S/C17H18ClN3O2/c1-10-5-11(2)7-13(6-10)17(23)21-14(16(19)22)8-12-3-4-15(18)20-9-12/h3-7,9,14H,8H2,1-2H3,(H2,19,22)(H,21,23)/t14-/m1/s1. The maximum Gasteiger partial charge on any atom is 0.251 e. The second-order valence-corrected chi connectivity index (χ2v) is 5.89. The number of halogens is 1. The average molecular weight is 332 g/mol. The van der Waals surface area contributed by atoms with E-state index in [0.29, 0.717) is 10.7 Å². The first-order valence-corrected chi connectivity index (χ1v) is 7.52. The van der Waals surface area contributed by atoms with Gasteiger partial charge in [0.05, 0.1) is 0 Å². The van der Waals surface area contributed by atoms with Gasteiger partial charge in [-0.25, -0.2) is 4.98 Å². The minimum atomic E-state index is -0.814. The Morgan fingerprint density at radius 2 is 1.87 bits per heavy atom.